The van der Waals surface area contributed by atoms with E-state index in [1.165, 1.54) is 0 Å². The van der Waals surface area contributed by atoms with Crippen molar-refractivity contribution in [2.45, 2.75) is 19.2 Å². The van der Waals surface area contributed by atoms with Crippen LogP contribution in [0.5, 0.6) is 0 Å². The highest BCUT2D eigenvalue weighted by Crippen LogP contribution is 2.36. The number of nitrogens with zero attached hydrogens (tertiary/aromatic N) is 1. The first-order valence-corrected chi connectivity index (χ1v) is 6.45. The molecule has 19 heavy (non-hydrogen) atoms. The lowest BCUT2D eigenvalue weighted by Gasteiger charge is -2.11. The highest BCUT2D eigenvalue weighted by atomic mass is 35.5. The molecule has 0 aliphatic rings. The Morgan fingerprint density at radius 1 is 1.37 bits per heavy atom. The summed E-state index contributed by atoms with van der Waals surface area (Å²) in [5.41, 5.74) is 1.23. The zero-order valence-electron chi connectivity index (χ0n) is 9.70. The van der Waals surface area contributed by atoms with Crippen LogP contribution < -0.4 is 0 Å². The summed E-state index contributed by atoms with van der Waals surface area (Å²) in [5.74, 6) is 0. The van der Waals surface area contributed by atoms with E-state index in [0.29, 0.717) is 27.5 Å². The van der Waals surface area contributed by atoms with Gasteiger partial charge in [0.1, 0.15) is 6.10 Å². The molecule has 0 spiro atoms. The largest absolute Gasteiger partial charge is 0.443 e. The first-order valence-electron chi connectivity index (χ1n) is 5.26. The Balaban J connectivity index is 2.34. The van der Waals surface area contributed by atoms with Gasteiger partial charge in [0.25, 0.3) is 0 Å². The van der Waals surface area contributed by atoms with Gasteiger partial charge in [-0.25, -0.2) is 4.98 Å². The lowest BCUT2D eigenvalue weighted by atomic mass is 10.0. The number of aliphatic hydroxyl groups is 1. The van der Waals surface area contributed by atoms with Crippen molar-refractivity contribution in [2.75, 3.05) is 0 Å². The molecule has 0 radical (unpaired) electrons. The Morgan fingerprint density at radius 2 is 2.05 bits per heavy atom. The van der Waals surface area contributed by atoms with E-state index in [9.17, 15) is 18.3 Å². The maximum atomic E-state index is 12.4. The minimum absolute atomic E-state index is 0.151. The van der Waals surface area contributed by atoms with Gasteiger partial charge in [-0.1, -0.05) is 17.7 Å². The average molecular weight is 308 g/mol. The van der Waals surface area contributed by atoms with Gasteiger partial charge in [-0.15, -0.1) is 11.3 Å². The molecule has 2 aromatic rings. The van der Waals surface area contributed by atoms with E-state index >= 15 is 0 Å². The van der Waals surface area contributed by atoms with Gasteiger partial charge in [-0.3, -0.25) is 0 Å². The van der Waals surface area contributed by atoms with Crippen molar-refractivity contribution in [1.29, 1.82) is 0 Å². The molecule has 0 bridgehead atoms. The lowest BCUT2D eigenvalue weighted by molar-refractivity contribution is -0.137. The number of aryl methyl sites for hydroxylation is 1. The monoisotopic (exact) mass is 307 g/mol. The van der Waals surface area contributed by atoms with Gasteiger partial charge in [-0.2, -0.15) is 13.2 Å². The molecule has 2 rings (SSSR count). The molecule has 1 aromatic carbocycles. The number of aliphatic hydroxyl groups excluding tert-OH is 1. The molecule has 7 heteroatoms. The molecule has 1 N–H and O–H groups in total. The summed E-state index contributed by atoms with van der Waals surface area (Å²) >= 11 is 6.23. The van der Waals surface area contributed by atoms with Crippen LogP contribution in [0.1, 0.15) is 27.1 Å². The van der Waals surface area contributed by atoms with Crippen LogP contribution in [-0.2, 0) is 6.18 Å². The maximum absolute atomic E-state index is 12.4. The van der Waals surface area contributed by atoms with Gasteiger partial charge in [0, 0.05) is 11.2 Å². The normalized spacial score (nSPS) is 13.6. The Labute approximate surface area is 116 Å². The Morgan fingerprint density at radius 3 is 2.58 bits per heavy atom. The molecule has 1 unspecified atom stereocenters. The summed E-state index contributed by atoms with van der Waals surface area (Å²) < 4.78 is 37.3. The second-order valence-electron chi connectivity index (χ2n) is 3.97. The number of hydrogen-bond donors (Lipinski definition) is 1. The van der Waals surface area contributed by atoms with Crippen molar-refractivity contribution in [3.05, 3.63) is 50.4 Å². The smallest absolute Gasteiger partial charge is 0.383 e. The summed E-state index contributed by atoms with van der Waals surface area (Å²) in [6.45, 7) is 1.73. The van der Waals surface area contributed by atoms with Crippen LogP contribution in [-0.4, -0.2) is 10.1 Å². The summed E-state index contributed by atoms with van der Waals surface area (Å²) in [4.78, 5) is 3.44. The number of thiazole rings is 1. The maximum Gasteiger partial charge on any atom is 0.443 e. The number of alkyl halides is 3. The fourth-order valence-electron chi connectivity index (χ4n) is 1.64. The number of rotatable bonds is 2. The minimum Gasteiger partial charge on any atom is -0.383 e. The lowest BCUT2D eigenvalue weighted by Crippen LogP contribution is -2.03. The van der Waals surface area contributed by atoms with Gasteiger partial charge in [0.15, 0.2) is 5.01 Å². The van der Waals surface area contributed by atoms with Crippen molar-refractivity contribution in [3.8, 4) is 0 Å². The van der Waals surface area contributed by atoms with Gasteiger partial charge in [0.05, 0.1) is 4.88 Å². The van der Waals surface area contributed by atoms with Crippen molar-refractivity contribution >= 4 is 22.9 Å². The standard InChI is InChI=1S/C12H9ClF3NOS/c1-6-4-7(13)2-3-8(6)10(18)9-5-17-11(19-9)12(14,15)16/h2-5,10,18H,1H3. The predicted octanol–water partition coefficient (Wildman–Crippen LogP) is 4.21. The van der Waals surface area contributed by atoms with Gasteiger partial charge >= 0.3 is 6.18 Å². The van der Waals surface area contributed by atoms with Crippen LogP contribution in [0.15, 0.2) is 24.4 Å². The topological polar surface area (TPSA) is 33.1 Å². The quantitative estimate of drug-likeness (QED) is 0.901. The van der Waals surface area contributed by atoms with Gasteiger partial charge in [0.2, 0.25) is 0 Å². The van der Waals surface area contributed by atoms with E-state index in [-0.39, 0.29) is 4.88 Å². The fourth-order valence-corrected chi connectivity index (χ4v) is 2.66. The Bertz CT molecular complexity index is 597. The molecule has 1 aromatic heterocycles. The van der Waals surface area contributed by atoms with Crippen molar-refractivity contribution in [3.63, 3.8) is 0 Å². The SMILES string of the molecule is Cc1cc(Cl)ccc1C(O)c1cnc(C(F)(F)F)s1. The summed E-state index contributed by atoms with van der Waals surface area (Å²) in [6.07, 6.45) is -4.57. The molecular weight excluding hydrogens is 299 g/mol. The third kappa shape index (κ3) is 3.08. The van der Waals surface area contributed by atoms with Crippen LogP contribution in [0.2, 0.25) is 5.02 Å². The highest BCUT2D eigenvalue weighted by molar-refractivity contribution is 7.11. The number of hydrogen-bond acceptors (Lipinski definition) is 3. The average Bonchev–Trinajstić information content (AvgIpc) is 2.76. The molecule has 2 nitrogen and oxygen atoms in total. The van der Waals surface area contributed by atoms with E-state index < -0.39 is 17.3 Å². The first kappa shape index (κ1) is 14.3. The highest BCUT2D eigenvalue weighted by Gasteiger charge is 2.35. The van der Waals surface area contributed by atoms with Crippen LogP contribution in [0.4, 0.5) is 13.2 Å². The zero-order valence-corrected chi connectivity index (χ0v) is 11.3. The fraction of sp³-hybridized carbons (Fsp3) is 0.250. The van der Waals surface area contributed by atoms with Crippen LogP contribution in [0.25, 0.3) is 0 Å². The van der Waals surface area contributed by atoms with Crippen molar-refractivity contribution in [2.24, 2.45) is 0 Å². The first-order chi connectivity index (χ1) is 8.79. The predicted molar refractivity (Wildman–Crippen MR) is 67.4 cm³/mol. The minimum atomic E-state index is -4.49. The third-order valence-corrected chi connectivity index (χ3v) is 3.89. The summed E-state index contributed by atoms with van der Waals surface area (Å²) in [5, 5.41) is 9.65. The Kier molecular flexibility index (Phi) is 3.85. The van der Waals surface area contributed by atoms with E-state index in [4.69, 9.17) is 11.6 Å². The zero-order chi connectivity index (χ0) is 14.2. The molecule has 1 atom stereocenters. The van der Waals surface area contributed by atoms with E-state index in [1.54, 1.807) is 25.1 Å². The van der Waals surface area contributed by atoms with Crippen LogP contribution >= 0.6 is 22.9 Å². The number of halogens is 4. The number of benzene rings is 1. The molecular formula is C12H9ClF3NOS. The van der Waals surface area contributed by atoms with Crippen LogP contribution in [0, 0.1) is 6.92 Å². The molecule has 0 amide bonds. The van der Waals surface area contributed by atoms with E-state index in [0.717, 1.165) is 6.20 Å². The summed E-state index contributed by atoms with van der Waals surface area (Å²) in [6, 6.07) is 4.82. The van der Waals surface area contributed by atoms with Crippen LogP contribution in [0.3, 0.4) is 0 Å². The molecule has 0 fully saturated rings. The molecule has 0 aliphatic carbocycles. The number of aromatic nitrogens is 1. The van der Waals surface area contributed by atoms with Crippen molar-refractivity contribution < 1.29 is 18.3 Å². The second-order valence-corrected chi connectivity index (χ2v) is 5.47. The van der Waals surface area contributed by atoms with E-state index in [1.807, 2.05) is 0 Å². The molecule has 1 heterocycles. The molecule has 0 aliphatic heterocycles. The van der Waals surface area contributed by atoms with E-state index in [2.05, 4.69) is 4.98 Å². The van der Waals surface area contributed by atoms with Crippen molar-refractivity contribution in [1.82, 2.24) is 4.98 Å². The molecule has 0 saturated carbocycles. The van der Waals surface area contributed by atoms with Gasteiger partial charge in [-0.05, 0) is 30.2 Å². The summed E-state index contributed by atoms with van der Waals surface area (Å²) in [7, 11) is 0. The van der Waals surface area contributed by atoms with Gasteiger partial charge < -0.3 is 5.11 Å². The third-order valence-electron chi connectivity index (χ3n) is 2.56. The Hall–Kier alpha value is -1.11. The molecule has 0 saturated heterocycles. The second kappa shape index (κ2) is 5.11. The molecule has 102 valence electrons.